The second-order valence-corrected chi connectivity index (χ2v) is 7.56. The summed E-state index contributed by atoms with van der Waals surface area (Å²) in [5.74, 6) is -1.52. The highest BCUT2D eigenvalue weighted by atomic mass is 35.5. The van der Waals surface area contributed by atoms with Gasteiger partial charge in [0.2, 0.25) is 0 Å². The third-order valence-corrected chi connectivity index (χ3v) is 5.11. The van der Waals surface area contributed by atoms with E-state index >= 15 is 0 Å². The summed E-state index contributed by atoms with van der Waals surface area (Å²) in [5.41, 5.74) is 1.69. The predicted molar refractivity (Wildman–Crippen MR) is 116 cm³/mol. The molecule has 0 radical (unpaired) electrons. The number of halogens is 3. The molecule has 0 aromatic heterocycles. The molecule has 0 aliphatic carbocycles. The van der Waals surface area contributed by atoms with Crippen molar-refractivity contribution in [2.45, 2.75) is 13.2 Å². The largest absolute Gasteiger partial charge is 0.489 e. The van der Waals surface area contributed by atoms with Gasteiger partial charge in [0.15, 0.2) is 0 Å². The van der Waals surface area contributed by atoms with Crippen molar-refractivity contribution in [2.24, 2.45) is 0 Å². The molecule has 0 aliphatic rings. The van der Waals surface area contributed by atoms with Gasteiger partial charge in [0, 0.05) is 12.1 Å². The Balaban J connectivity index is 1.75. The zero-order valence-corrected chi connectivity index (χ0v) is 17.7. The van der Waals surface area contributed by atoms with Crippen molar-refractivity contribution >= 4 is 35.1 Å². The van der Waals surface area contributed by atoms with Crippen molar-refractivity contribution < 1.29 is 23.8 Å². The standard InChI is InChI=1S/C23H18Cl2FNO4/c24-20-9-6-16(10-21(20)25)12-27(13-22(28)29)23(30)17-2-1-3-19(11-17)31-14-15-4-7-18(26)8-5-15/h1-11H,12-14H2,(H,28,29). The maximum Gasteiger partial charge on any atom is 0.323 e. The van der Waals surface area contributed by atoms with Gasteiger partial charge in [0.25, 0.3) is 5.91 Å². The van der Waals surface area contributed by atoms with Crippen molar-refractivity contribution in [3.63, 3.8) is 0 Å². The number of carboxylic acids is 1. The fourth-order valence-corrected chi connectivity index (χ4v) is 3.19. The Morgan fingerprint density at radius 1 is 0.935 bits per heavy atom. The van der Waals surface area contributed by atoms with E-state index in [0.29, 0.717) is 21.4 Å². The van der Waals surface area contributed by atoms with E-state index in [-0.39, 0.29) is 24.5 Å². The first-order chi connectivity index (χ1) is 14.8. The van der Waals surface area contributed by atoms with E-state index in [0.717, 1.165) is 5.56 Å². The first-order valence-electron chi connectivity index (χ1n) is 9.24. The second kappa shape index (κ2) is 10.3. The zero-order valence-electron chi connectivity index (χ0n) is 16.2. The van der Waals surface area contributed by atoms with Gasteiger partial charge in [-0.15, -0.1) is 0 Å². The molecule has 0 saturated heterocycles. The Morgan fingerprint density at radius 2 is 1.65 bits per heavy atom. The zero-order chi connectivity index (χ0) is 22.4. The highest BCUT2D eigenvalue weighted by Crippen LogP contribution is 2.24. The minimum atomic E-state index is -1.14. The van der Waals surface area contributed by atoms with Crippen LogP contribution in [0.25, 0.3) is 0 Å². The van der Waals surface area contributed by atoms with Crippen molar-refractivity contribution in [1.29, 1.82) is 0 Å². The summed E-state index contributed by atoms with van der Waals surface area (Å²) < 4.78 is 18.7. The van der Waals surface area contributed by atoms with Gasteiger partial charge < -0.3 is 14.7 Å². The first kappa shape index (κ1) is 22.6. The van der Waals surface area contributed by atoms with Crippen LogP contribution in [0.5, 0.6) is 5.75 Å². The lowest BCUT2D eigenvalue weighted by molar-refractivity contribution is -0.137. The lowest BCUT2D eigenvalue weighted by Gasteiger charge is -2.21. The molecule has 3 aromatic carbocycles. The van der Waals surface area contributed by atoms with Crippen LogP contribution in [0.15, 0.2) is 66.7 Å². The second-order valence-electron chi connectivity index (χ2n) is 6.75. The van der Waals surface area contributed by atoms with E-state index in [1.807, 2.05) is 0 Å². The van der Waals surface area contributed by atoms with Crippen LogP contribution < -0.4 is 4.74 Å². The van der Waals surface area contributed by atoms with Gasteiger partial charge in [-0.1, -0.05) is 47.5 Å². The van der Waals surface area contributed by atoms with E-state index in [1.54, 1.807) is 48.5 Å². The first-order valence-corrected chi connectivity index (χ1v) is 10.00. The summed E-state index contributed by atoms with van der Waals surface area (Å²) in [7, 11) is 0. The maximum atomic E-state index is 13.0. The molecular formula is C23H18Cl2FNO4. The third kappa shape index (κ3) is 6.44. The number of amides is 1. The van der Waals surface area contributed by atoms with Crippen molar-refractivity contribution in [2.75, 3.05) is 6.54 Å². The quantitative estimate of drug-likeness (QED) is 0.484. The summed E-state index contributed by atoms with van der Waals surface area (Å²) in [4.78, 5) is 25.5. The molecule has 1 amide bonds. The van der Waals surface area contributed by atoms with Gasteiger partial charge >= 0.3 is 5.97 Å². The van der Waals surface area contributed by atoms with Crippen LogP contribution in [0, 0.1) is 5.82 Å². The highest BCUT2D eigenvalue weighted by Gasteiger charge is 2.20. The van der Waals surface area contributed by atoms with Gasteiger partial charge in [0.1, 0.15) is 24.7 Å². The Hall–Kier alpha value is -3.09. The summed E-state index contributed by atoms with van der Waals surface area (Å²) in [5, 5.41) is 9.93. The van der Waals surface area contributed by atoms with Gasteiger partial charge in [-0.05, 0) is 53.6 Å². The number of hydrogen-bond donors (Lipinski definition) is 1. The monoisotopic (exact) mass is 461 g/mol. The number of carbonyl (C=O) groups excluding carboxylic acids is 1. The molecule has 0 unspecified atom stereocenters. The topological polar surface area (TPSA) is 66.8 Å². The Labute approximate surface area is 188 Å². The molecule has 5 nitrogen and oxygen atoms in total. The number of carbonyl (C=O) groups is 2. The molecule has 0 aliphatic heterocycles. The van der Waals surface area contributed by atoms with E-state index in [9.17, 15) is 19.1 Å². The number of ether oxygens (including phenoxy) is 1. The van der Waals surface area contributed by atoms with Crippen molar-refractivity contribution in [1.82, 2.24) is 4.90 Å². The highest BCUT2D eigenvalue weighted by molar-refractivity contribution is 6.42. The normalized spacial score (nSPS) is 10.5. The smallest absolute Gasteiger partial charge is 0.323 e. The molecule has 160 valence electrons. The van der Waals surface area contributed by atoms with Gasteiger partial charge in [-0.25, -0.2) is 4.39 Å². The fourth-order valence-electron chi connectivity index (χ4n) is 2.87. The Morgan fingerprint density at radius 3 is 2.32 bits per heavy atom. The maximum absolute atomic E-state index is 13.0. The molecule has 0 atom stereocenters. The summed E-state index contributed by atoms with van der Waals surface area (Å²) in [6, 6.07) is 17.2. The van der Waals surface area contributed by atoms with E-state index in [4.69, 9.17) is 27.9 Å². The number of aliphatic carboxylic acids is 1. The molecule has 3 aromatic rings. The average Bonchev–Trinajstić information content (AvgIpc) is 2.75. The van der Waals surface area contributed by atoms with Crippen LogP contribution >= 0.6 is 23.2 Å². The molecule has 3 rings (SSSR count). The number of rotatable bonds is 8. The van der Waals surface area contributed by atoms with E-state index in [2.05, 4.69) is 0 Å². The molecule has 1 N–H and O–H groups in total. The van der Waals surface area contributed by atoms with Gasteiger partial charge in [0.05, 0.1) is 10.0 Å². The minimum Gasteiger partial charge on any atom is -0.489 e. The number of nitrogens with zero attached hydrogens (tertiary/aromatic N) is 1. The van der Waals surface area contributed by atoms with Crippen LogP contribution in [0.4, 0.5) is 4.39 Å². The number of benzene rings is 3. The molecule has 0 bridgehead atoms. The molecule has 0 heterocycles. The van der Waals surface area contributed by atoms with Crippen LogP contribution in [0.1, 0.15) is 21.5 Å². The Bertz CT molecular complexity index is 1090. The number of hydrogen-bond acceptors (Lipinski definition) is 3. The molecule has 0 saturated carbocycles. The fraction of sp³-hybridized carbons (Fsp3) is 0.130. The van der Waals surface area contributed by atoms with Gasteiger partial charge in [-0.2, -0.15) is 0 Å². The van der Waals surface area contributed by atoms with Crippen LogP contribution in [0.2, 0.25) is 10.0 Å². The molecular weight excluding hydrogens is 444 g/mol. The average molecular weight is 462 g/mol. The third-order valence-electron chi connectivity index (χ3n) is 4.37. The lowest BCUT2D eigenvalue weighted by atomic mass is 10.1. The molecule has 0 fully saturated rings. The lowest BCUT2D eigenvalue weighted by Crippen LogP contribution is -2.35. The summed E-state index contributed by atoms with van der Waals surface area (Å²) in [6.07, 6.45) is 0. The van der Waals surface area contributed by atoms with Crippen molar-refractivity contribution in [3.8, 4) is 5.75 Å². The van der Waals surface area contributed by atoms with Gasteiger partial charge in [-0.3, -0.25) is 9.59 Å². The molecule has 8 heteroatoms. The van der Waals surface area contributed by atoms with Crippen molar-refractivity contribution in [3.05, 3.63) is 99.3 Å². The molecule has 0 spiro atoms. The van der Waals surface area contributed by atoms with Crippen LogP contribution in [0.3, 0.4) is 0 Å². The summed E-state index contributed by atoms with van der Waals surface area (Å²) in [6.45, 7) is -0.248. The van der Waals surface area contributed by atoms with Crippen LogP contribution in [-0.2, 0) is 17.9 Å². The molecule has 31 heavy (non-hydrogen) atoms. The van der Waals surface area contributed by atoms with Crippen LogP contribution in [-0.4, -0.2) is 28.4 Å². The summed E-state index contributed by atoms with van der Waals surface area (Å²) >= 11 is 11.9. The van der Waals surface area contributed by atoms with E-state index in [1.165, 1.54) is 23.1 Å². The Kier molecular flexibility index (Phi) is 7.50. The van der Waals surface area contributed by atoms with E-state index < -0.39 is 18.4 Å². The number of carboxylic acid groups (broad SMARTS) is 1. The predicted octanol–water partition coefficient (Wildman–Crippen LogP) is 5.44. The SMILES string of the molecule is O=C(O)CN(Cc1ccc(Cl)c(Cl)c1)C(=O)c1cccc(OCc2ccc(F)cc2)c1. The minimum absolute atomic E-state index is 0.0443.